The van der Waals surface area contributed by atoms with Gasteiger partial charge in [0.05, 0.1) is 0 Å². The number of halogens is 2. The highest BCUT2D eigenvalue weighted by Gasteiger charge is 2.21. The van der Waals surface area contributed by atoms with Crippen LogP contribution >= 0.6 is 0 Å². The molecule has 1 aromatic carbocycles. The number of amides is 1. The van der Waals surface area contributed by atoms with Crippen LogP contribution in [0.1, 0.15) is 82.8 Å². The van der Waals surface area contributed by atoms with Gasteiger partial charge >= 0.3 is 0 Å². The van der Waals surface area contributed by atoms with Crippen molar-refractivity contribution in [3.63, 3.8) is 0 Å². The predicted octanol–water partition coefficient (Wildman–Crippen LogP) is 7.71. The Hall–Kier alpha value is -2.35. The third-order valence-corrected chi connectivity index (χ3v) is 6.91. The van der Waals surface area contributed by atoms with Crippen LogP contribution in [0.5, 0.6) is 0 Å². The van der Waals surface area contributed by atoms with Crippen molar-refractivity contribution in [1.82, 2.24) is 9.80 Å². The van der Waals surface area contributed by atoms with Crippen molar-refractivity contribution in [2.24, 2.45) is 11.7 Å². The first kappa shape index (κ1) is 38.6. The smallest absolute Gasteiger partial charge is 0.209 e. The standard InChI is InChI=1S/C22H29F2N.C6H11NO.C5H12O.CH5N/c1-16-12-13-20(23)19(15-16)22-18(10-5-6-11-21(22)24)17(2)9-7-8-14-25(3)4;8-6-7-4-2-1-3-5-7;1-3-4-5-6-2;1-2/h5,10-13,15,17H,6-9,14H2,1-4H3;6H,1-5H2;3-5H2,1-2H3;2H2,1H3. The lowest BCUT2D eigenvalue weighted by atomic mass is 9.87. The zero-order chi connectivity index (χ0) is 31.0. The largest absolute Gasteiger partial charge is 0.385 e. The van der Waals surface area contributed by atoms with E-state index >= 15 is 0 Å². The van der Waals surface area contributed by atoms with Crippen molar-refractivity contribution in [1.29, 1.82) is 0 Å². The van der Waals surface area contributed by atoms with Gasteiger partial charge in [-0.3, -0.25) is 4.79 Å². The van der Waals surface area contributed by atoms with E-state index < -0.39 is 0 Å². The number of allylic oxidation sites excluding steroid dienone is 6. The molecule has 0 saturated carbocycles. The Labute approximate surface area is 249 Å². The summed E-state index contributed by atoms with van der Waals surface area (Å²) in [6.07, 6.45) is 16.2. The first-order valence-electron chi connectivity index (χ1n) is 15.2. The molecule has 1 aliphatic heterocycles. The molecular weight excluding hydrogens is 520 g/mol. The van der Waals surface area contributed by atoms with Crippen molar-refractivity contribution in [2.45, 2.75) is 78.6 Å². The molecule has 234 valence electrons. The molecule has 0 aromatic heterocycles. The van der Waals surface area contributed by atoms with Gasteiger partial charge in [0.1, 0.15) is 11.6 Å². The van der Waals surface area contributed by atoms with Crippen LogP contribution in [0.2, 0.25) is 0 Å². The van der Waals surface area contributed by atoms with E-state index in [0.717, 1.165) is 63.1 Å². The van der Waals surface area contributed by atoms with Crippen molar-refractivity contribution in [2.75, 3.05) is 54.5 Å². The van der Waals surface area contributed by atoms with Gasteiger partial charge in [-0.05, 0) is 109 Å². The molecule has 41 heavy (non-hydrogen) atoms. The number of unbranched alkanes of at least 4 members (excludes halogenated alkanes) is 2. The predicted molar refractivity (Wildman–Crippen MR) is 171 cm³/mol. The van der Waals surface area contributed by atoms with Crippen LogP contribution in [-0.4, -0.2) is 70.7 Å². The van der Waals surface area contributed by atoms with Crippen LogP contribution in [-0.2, 0) is 9.53 Å². The lowest BCUT2D eigenvalue weighted by Crippen LogP contribution is -2.27. The van der Waals surface area contributed by atoms with Gasteiger partial charge in [0.25, 0.3) is 0 Å². The summed E-state index contributed by atoms with van der Waals surface area (Å²) in [6, 6.07) is 4.90. The minimum Gasteiger partial charge on any atom is -0.385 e. The Balaban J connectivity index is 0.000000814. The number of likely N-dealkylation sites (tertiary alicyclic amines) is 1. The fourth-order valence-corrected chi connectivity index (χ4v) is 4.56. The molecule has 1 fully saturated rings. The monoisotopic (exact) mass is 577 g/mol. The number of carbonyl (C=O) groups excluding carboxylic acids is 1. The molecule has 1 amide bonds. The zero-order valence-corrected chi connectivity index (χ0v) is 26.9. The van der Waals surface area contributed by atoms with E-state index in [1.807, 2.05) is 24.0 Å². The molecule has 1 atom stereocenters. The quantitative estimate of drug-likeness (QED) is 0.216. The molecule has 0 bridgehead atoms. The summed E-state index contributed by atoms with van der Waals surface area (Å²) in [4.78, 5) is 14.1. The van der Waals surface area contributed by atoms with Crippen molar-refractivity contribution >= 4 is 12.0 Å². The van der Waals surface area contributed by atoms with Crippen molar-refractivity contribution < 1.29 is 18.3 Å². The van der Waals surface area contributed by atoms with Crippen LogP contribution in [0.25, 0.3) is 5.57 Å². The lowest BCUT2D eigenvalue weighted by molar-refractivity contribution is -0.118. The molecule has 1 unspecified atom stereocenters. The fourth-order valence-electron chi connectivity index (χ4n) is 4.56. The van der Waals surface area contributed by atoms with Crippen LogP contribution in [0.4, 0.5) is 8.78 Å². The van der Waals surface area contributed by atoms with E-state index in [4.69, 9.17) is 4.74 Å². The highest BCUT2D eigenvalue weighted by atomic mass is 19.1. The number of hydrogen-bond acceptors (Lipinski definition) is 4. The fraction of sp³-hybridized carbons (Fsp3) is 0.618. The van der Waals surface area contributed by atoms with Gasteiger partial charge in [-0.1, -0.05) is 50.5 Å². The SMILES string of the molecule is CCCCOC.CN.Cc1ccc(F)c(C2=C(C(C)CCCCN(C)C)C=CCC=C2F)c1.O=CN1CCCCC1. The first-order chi connectivity index (χ1) is 19.7. The number of carbonyl (C=O) groups is 1. The topological polar surface area (TPSA) is 58.8 Å². The molecule has 2 aliphatic rings. The van der Waals surface area contributed by atoms with Crippen molar-refractivity contribution in [3.8, 4) is 0 Å². The average Bonchev–Trinajstić information content (AvgIpc) is 3.18. The second kappa shape index (κ2) is 24.3. The number of methoxy groups -OCH3 is 1. The maximum absolute atomic E-state index is 14.8. The Morgan fingerprint density at radius 1 is 1.10 bits per heavy atom. The third kappa shape index (κ3) is 16.6. The van der Waals surface area contributed by atoms with Gasteiger partial charge in [0.15, 0.2) is 0 Å². The maximum Gasteiger partial charge on any atom is 0.209 e. The van der Waals surface area contributed by atoms with Gasteiger partial charge in [-0.2, -0.15) is 0 Å². The third-order valence-electron chi connectivity index (χ3n) is 6.91. The molecule has 1 aliphatic carbocycles. The minimum absolute atomic E-state index is 0.186. The lowest BCUT2D eigenvalue weighted by Gasteiger charge is -2.21. The number of aryl methyl sites for hydroxylation is 1. The molecule has 7 heteroatoms. The highest BCUT2D eigenvalue weighted by molar-refractivity contribution is 5.82. The summed E-state index contributed by atoms with van der Waals surface area (Å²) < 4.78 is 34.0. The number of rotatable bonds is 11. The highest BCUT2D eigenvalue weighted by Crippen LogP contribution is 2.37. The van der Waals surface area contributed by atoms with Gasteiger partial charge in [-0.15, -0.1) is 0 Å². The zero-order valence-electron chi connectivity index (χ0n) is 26.9. The Bertz CT molecular complexity index is 919. The van der Waals surface area contributed by atoms with E-state index in [1.54, 1.807) is 25.3 Å². The maximum atomic E-state index is 14.8. The normalized spacial score (nSPS) is 15.4. The number of ether oxygens (including phenoxy) is 1. The van der Waals surface area contributed by atoms with Gasteiger partial charge in [0, 0.05) is 37.9 Å². The van der Waals surface area contributed by atoms with Crippen LogP contribution in [0, 0.1) is 18.7 Å². The summed E-state index contributed by atoms with van der Waals surface area (Å²) in [5, 5.41) is 0. The van der Waals surface area contributed by atoms with E-state index in [-0.39, 0.29) is 17.6 Å². The Morgan fingerprint density at radius 3 is 2.32 bits per heavy atom. The first-order valence-corrected chi connectivity index (χ1v) is 15.2. The van der Waals surface area contributed by atoms with E-state index in [1.165, 1.54) is 45.2 Å². The van der Waals surface area contributed by atoms with Crippen LogP contribution < -0.4 is 5.73 Å². The molecular formula is C34H57F2N3O2. The summed E-state index contributed by atoms with van der Waals surface area (Å²) in [5.41, 5.74) is 7.13. The number of nitrogens with two attached hydrogens (primary N) is 1. The number of piperidine rings is 1. The summed E-state index contributed by atoms with van der Waals surface area (Å²) in [7, 11) is 7.37. The number of benzene rings is 1. The molecule has 0 spiro atoms. The number of hydrogen-bond donors (Lipinski definition) is 1. The molecule has 2 N–H and O–H groups in total. The molecule has 3 rings (SSSR count). The Morgan fingerprint density at radius 2 is 1.78 bits per heavy atom. The molecule has 1 heterocycles. The van der Waals surface area contributed by atoms with Gasteiger partial charge in [-0.25, -0.2) is 8.78 Å². The van der Waals surface area contributed by atoms with Crippen LogP contribution in [0.15, 0.2) is 47.8 Å². The molecule has 1 saturated heterocycles. The summed E-state index contributed by atoms with van der Waals surface area (Å²) in [5.74, 6) is -0.494. The van der Waals surface area contributed by atoms with E-state index in [0.29, 0.717) is 17.6 Å². The molecule has 1 aromatic rings. The summed E-state index contributed by atoms with van der Waals surface area (Å²) >= 11 is 0. The van der Waals surface area contributed by atoms with Crippen molar-refractivity contribution in [3.05, 3.63) is 64.8 Å². The second-order valence-corrected chi connectivity index (χ2v) is 10.8. The Kier molecular flexibility index (Phi) is 22.9. The van der Waals surface area contributed by atoms with Gasteiger partial charge in [0.2, 0.25) is 6.41 Å². The van der Waals surface area contributed by atoms with Crippen LogP contribution in [0.3, 0.4) is 0 Å². The van der Waals surface area contributed by atoms with E-state index in [2.05, 4.69) is 38.6 Å². The second-order valence-electron chi connectivity index (χ2n) is 10.8. The molecule has 0 radical (unpaired) electrons. The minimum atomic E-state index is -0.364. The summed E-state index contributed by atoms with van der Waals surface area (Å²) in [6.45, 7) is 10.1. The number of nitrogens with zero attached hydrogens (tertiary/aromatic N) is 2. The average molecular weight is 578 g/mol. The molecule has 5 nitrogen and oxygen atoms in total. The van der Waals surface area contributed by atoms with E-state index in [9.17, 15) is 13.6 Å². The van der Waals surface area contributed by atoms with Gasteiger partial charge < -0.3 is 20.3 Å².